The number of esters is 1. The number of rotatable bonds is 4. The molecule has 2 rings (SSSR count). The molecule has 0 aliphatic carbocycles. The fourth-order valence-corrected chi connectivity index (χ4v) is 6.74. The smallest absolute Gasteiger partial charge is 0.311 e. The van der Waals surface area contributed by atoms with E-state index in [-0.39, 0.29) is 30.9 Å². The molecule has 2 aliphatic heterocycles. The van der Waals surface area contributed by atoms with Gasteiger partial charge in [0.25, 0.3) is 0 Å². The number of hydrogen-bond acceptors (Lipinski definition) is 11. The molecule has 2 heterocycles. The largest absolute Gasteiger partial charge is 0.459 e. The molecule has 2 fully saturated rings. The summed E-state index contributed by atoms with van der Waals surface area (Å²) in [6, 6.07) is -0.733. The Balaban J connectivity index is 2.52. The van der Waals surface area contributed by atoms with Gasteiger partial charge in [-0.1, -0.05) is 20.8 Å². The van der Waals surface area contributed by atoms with E-state index >= 15 is 0 Å². The summed E-state index contributed by atoms with van der Waals surface area (Å²) in [5, 5.41) is 57.0. The Bertz CT molecular complexity index is 841. The summed E-state index contributed by atoms with van der Waals surface area (Å²) in [6.07, 6.45) is -5.74. The van der Waals surface area contributed by atoms with Crippen molar-refractivity contribution in [1.82, 2.24) is 9.80 Å². The van der Waals surface area contributed by atoms with E-state index in [2.05, 4.69) is 0 Å². The van der Waals surface area contributed by atoms with E-state index < -0.39 is 71.9 Å². The molecule has 41 heavy (non-hydrogen) atoms. The molecule has 242 valence electrons. The van der Waals surface area contributed by atoms with E-state index in [1.807, 2.05) is 44.8 Å². The second-order valence-electron chi connectivity index (χ2n) is 13.6. The Morgan fingerprint density at radius 2 is 1.63 bits per heavy atom. The maximum atomic E-state index is 13.3. The summed E-state index contributed by atoms with van der Waals surface area (Å²) in [5.41, 5.74) is -3.25. The summed E-state index contributed by atoms with van der Waals surface area (Å²) in [4.78, 5) is 17.1. The molecule has 0 saturated carbocycles. The molecule has 0 spiro atoms. The fourth-order valence-electron chi connectivity index (χ4n) is 6.74. The van der Waals surface area contributed by atoms with Gasteiger partial charge in [0.2, 0.25) is 0 Å². The average molecular weight is 591 g/mol. The van der Waals surface area contributed by atoms with Gasteiger partial charge in [-0.3, -0.25) is 4.79 Å². The molecular formula is C30H58N2O9. The third kappa shape index (κ3) is 8.39. The normalized spacial score (nSPS) is 48.4. The molecule has 0 aromatic carbocycles. The molecule has 14 atom stereocenters. The van der Waals surface area contributed by atoms with Gasteiger partial charge in [0, 0.05) is 24.5 Å². The Morgan fingerprint density at radius 3 is 2.17 bits per heavy atom. The lowest BCUT2D eigenvalue weighted by atomic mass is 9.78. The zero-order valence-electron chi connectivity index (χ0n) is 27.0. The maximum absolute atomic E-state index is 13.3. The molecule has 11 nitrogen and oxygen atoms in total. The Kier molecular flexibility index (Phi) is 12.6. The number of carbonyl (C=O) groups is 1. The summed E-state index contributed by atoms with van der Waals surface area (Å²) < 4.78 is 18.1. The van der Waals surface area contributed by atoms with Crippen LogP contribution in [0.3, 0.4) is 0 Å². The highest BCUT2D eigenvalue weighted by Gasteiger charge is 2.49. The fraction of sp³-hybridized carbons (Fsp3) is 0.967. The monoisotopic (exact) mass is 590 g/mol. The molecule has 0 bridgehead atoms. The zero-order valence-corrected chi connectivity index (χ0v) is 27.0. The molecule has 0 aromatic rings. The van der Waals surface area contributed by atoms with Crippen LogP contribution in [0.4, 0.5) is 0 Å². The van der Waals surface area contributed by atoms with Crippen molar-refractivity contribution in [3.05, 3.63) is 0 Å². The number of ether oxygens (including phenoxy) is 3. The molecule has 0 amide bonds. The second kappa shape index (κ2) is 14.3. The van der Waals surface area contributed by atoms with E-state index in [9.17, 15) is 30.3 Å². The first-order valence-corrected chi connectivity index (χ1v) is 15.1. The van der Waals surface area contributed by atoms with Gasteiger partial charge in [-0.25, -0.2) is 0 Å². The van der Waals surface area contributed by atoms with Crippen molar-refractivity contribution in [3.63, 3.8) is 0 Å². The lowest BCUT2D eigenvalue weighted by Crippen LogP contribution is -2.59. The first-order chi connectivity index (χ1) is 18.8. The quantitative estimate of drug-likeness (QED) is 0.298. The predicted molar refractivity (Wildman–Crippen MR) is 155 cm³/mol. The standard InChI is InChI=1S/C30H58N2O9/c1-12-22-30(8,38)25(35)20(6)32(11)15-16(2)14-29(7,37)26(18(4)23(33)19(5)27(36)40-22)41-28-24(34)21(31(9)10)13-17(3)39-28/h16-26,28,33-35,37-38H,12-15H2,1-11H3/t16-,17+,18+,19-,20-,21-,22-,23+,24+,25-,26-,28+,29-,30-/m1/s1. The lowest BCUT2D eigenvalue weighted by Gasteiger charge is -2.46. The van der Waals surface area contributed by atoms with E-state index in [1.165, 1.54) is 13.8 Å². The van der Waals surface area contributed by atoms with Crippen molar-refractivity contribution in [2.45, 2.75) is 141 Å². The molecule has 0 radical (unpaired) electrons. The lowest BCUT2D eigenvalue weighted by molar-refractivity contribution is -0.299. The SMILES string of the molecule is CC[C@H]1OC(=O)[C@H](C)[C@@H](O)[C@H](C)[C@@H](O[C@@H]2O[C@@H](C)C[C@@H](N(C)C)[C@@H]2O)[C@](C)(O)C[C@@H](C)CN(C)[C@H](C)[C@@H](O)[C@]1(C)O. The maximum Gasteiger partial charge on any atom is 0.311 e. The Hall–Kier alpha value is -0.890. The summed E-state index contributed by atoms with van der Waals surface area (Å²) in [6.45, 7) is 14.2. The number of aliphatic hydroxyl groups is 5. The van der Waals surface area contributed by atoms with Gasteiger partial charge in [-0.15, -0.1) is 0 Å². The van der Waals surface area contributed by atoms with Crippen molar-refractivity contribution < 1.29 is 44.5 Å². The highest BCUT2D eigenvalue weighted by molar-refractivity contribution is 5.73. The van der Waals surface area contributed by atoms with Crippen molar-refractivity contribution in [2.75, 3.05) is 27.7 Å². The molecule has 11 heteroatoms. The molecule has 0 unspecified atom stereocenters. The summed E-state index contributed by atoms with van der Waals surface area (Å²) in [7, 11) is 5.58. The van der Waals surface area contributed by atoms with Crippen LogP contribution in [-0.4, -0.2) is 135 Å². The minimum Gasteiger partial charge on any atom is -0.459 e. The summed E-state index contributed by atoms with van der Waals surface area (Å²) in [5.74, 6) is -2.65. The average Bonchev–Trinajstić information content (AvgIpc) is 2.87. The first kappa shape index (κ1) is 36.3. The minimum atomic E-state index is -1.75. The van der Waals surface area contributed by atoms with Gasteiger partial charge >= 0.3 is 5.97 Å². The van der Waals surface area contributed by atoms with Gasteiger partial charge < -0.3 is 49.5 Å². The highest BCUT2D eigenvalue weighted by Crippen LogP contribution is 2.36. The van der Waals surface area contributed by atoms with Crippen LogP contribution in [0.2, 0.25) is 0 Å². The molecule has 2 saturated heterocycles. The molecule has 0 aromatic heterocycles. The van der Waals surface area contributed by atoms with Crippen LogP contribution in [-0.2, 0) is 19.0 Å². The predicted octanol–water partition coefficient (Wildman–Crippen LogP) is 0.976. The van der Waals surface area contributed by atoms with Gasteiger partial charge in [-0.05, 0) is 80.9 Å². The zero-order chi connectivity index (χ0) is 31.6. The van der Waals surface area contributed by atoms with Crippen LogP contribution in [0.25, 0.3) is 0 Å². The number of carbonyl (C=O) groups excluding carboxylic acids is 1. The molecular weight excluding hydrogens is 532 g/mol. The third-order valence-corrected chi connectivity index (χ3v) is 9.46. The van der Waals surface area contributed by atoms with Crippen LogP contribution >= 0.6 is 0 Å². The van der Waals surface area contributed by atoms with Gasteiger partial charge in [0.1, 0.15) is 23.9 Å². The van der Waals surface area contributed by atoms with E-state index in [1.54, 1.807) is 27.7 Å². The summed E-state index contributed by atoms with van der Waals surface area (Å²) >= 11 is 0. The number of hydrogen-bond donors (Lipinski definition) is 5. The number of nitrogens with zero attached hydrogens (tertiary/aromatic N) is 2. The van der Waals surface area contributed by atoms with Gasteiger partial charge in [0.15, 0.2) is 6.29 Å². The molecule has 5 N–H and O–H groups in total. The highest BCUT2D eigenvalue weighted by atomic mass is 16.7. The second-order valence-corrected chi connectivity index (χ2v) is 13.6. The minimum absolute atomic E-state index is 0.0990. The third-order valence-electron chi connectivity index (χ3n) is 9.46. The Morgan fingerprint density at radius 1 is 1.05 bits per heavy atom. The van der Waals surface area contributed by atoms with Crippen LogP contribution in [0, 0.1) is 17.8 Å². The van der Waals surface area contributed by atoms with Crippen LogP contribution < -0.4 is 0 Å². The van der Waals surface area contributed by atoms with E-state index in [4.69, 9.17) is 14.2 Å². The Labute approximate surface area is 246 Å². The topological polar surface area (TPSA) is 152 Å². The van der Waals surface area contributed by atoms with Gasteiger partial charge in [-0.2, -0.15) is 0 Å². The van der Waals surface area contributed by atoms with Crippen molar-refractivity contribution in [1.29, 1.82) is 0 Å². The van der Waals surface area contributed by atoms with Crippen molar-refractivity contribution >= 4 is 5.97 Å². The number of cyclic esters (lactones) is 1. The van der Waals surface area contributed by atoms with Crippen molar-refractivity contribution in [2.24, 2.45) is 17.8 Å². The van der Waals surface area contributed by atoms with Crippen LogP contribution in [0.1, 0.15) is 74.7 Å². The first-order valence-electron chi connectivity index (χ1n) is 15.1. The van der Waals surface area contributed by atoms with E-state index in [0.717, 1.165) is 0 Å². The number of likely N-dealkylation sites (N-methyl/N-ethyl adjacent to an activating group) is 2. The van der Waals surface area contributed by atoms with E-state index in [0.29, 0.717) is 13.0 Å². The van der Waals surface area contributed by atoms with Gasteiger partial charge in [0.05, 0.1) is 29.8 Å². The van der Waals surface area contributed by atoms with Crippen LogP contribution in [0.5, 0.6) is 0 Å². The van der Waals surface area contributed by atoms with Crippen LogP contribution in [0.15, 0.2) is 0 Å². The van der Waals surface area contributed by atoms with Crippen molar-refractivity contribution in [3.8, 4) is 0 Å². The number of aliphatic hydroxyl groups excluding tert-OH is 3. The molecule has 2 aliphatic rings.